The normalized spacial score (nSPS) is 27.5. The molecule has 0 spiro atoms. The summed E-state index contributed by atoms with van der Waals surface area (Å²) < 4.78 is 0. The van der Waals surface area contributed by atoms with Crippen molar-refractivity contribution in [3.05, 3.63) is 0 Å². The first kappa shape index (κ1) is 12.2. The zero-order chi connectivity index (χ0) is 11.5. The summed E-state index contributed by atoms with van der Waals surface area (Å²) in [4.78, 5) is 11.4. The van der Waals surface area contributed by atoms with Gasteiger partial charge in [-0.2, -0.15) is 5.26 Å². The summed E-state index contributed by atoms with van der Waals surface area (Å²) in [6, 6.07) is 2.19. The first-order valence-corrected chi connectivity index (χ1v) is 5.84. The molecule has 2 heteroatoms. The van der Waals surface area contributed by atoms with Crippen LogP contribution in [0.15, 0.2) is 0 Å². The summed E-state index contributed by atoms with van der Waals surface area (Å²) in [6.45, 7) is 6.73. The van der Waals surface area contributed by atoms with Crippen LogP contribution in [0.2, 0.25) is 0 Å². The van der Waals surface area contributed by atoms with E-state index in [1.165, 1.54) is 0 Å². The monoisotopic (exact) mass is 207 g/mol. The van der Waals surface area contributed by atoms with Crippen molar-refractivity contribution in [2.75, 3.05) is 0 Å². The number of ketones is 1. The van der Waals surface area contributed by atoms with Crippen LogP contribution < -0.4 is 0 Å². The molecule has 1 fully saturated rings. The van der Waals surface area contributed by atoms with Gasteiger partial charge in [0, 0.05) is 19.3 Å². The molecule has 84 valence electrons. The van der Waals surface area contributed by atoms with Gasteiger partial charge >= 0.3 is 0 Å². The molecule has 2 atom stereocenters. The lowest BCUT2D eigenvalue weighted by Crippen LogP contribution is -2.34. The SMILES string of the molecule is CC(C)(C)[C@H]1CCC(=O)C[C@H]1CCC#N. The Kier molecular flexibility index (Phi) is 3.90. The summed E-state index contributed by atoms with van der Waals surface area (Å²) in [7, 11) is 0. The summed E-state index contributed by atoms with van der Waals surface area (Å²) in [5, 5.41) is 8.62. The van der Waals surface area contributed by atoms with E-state index in [1.807, 2.05) is 0 Å². The minimum atomic E-state index is 0.265. The number of carbonyl (C=O) groups excluding carboxylic acids is 1. The molecule has 0 aliphatic heterocycles. The van der Waals surface area contributed by atoms with Crippen LogP contribution in [0.5, 0.6) is 0 Å². The first-order valence-electron chi connectivity index (χ1n) is 5.84. The summed E-state index contributed by atoms with van der Waals surface area (Å²) in [5.74, 6) is 1.42. The van der Waals surface area contributed by atoms with Crippen molar-refractivity contribution in [3.63, 3.8) is 0 Å². The van der Waals surface area contributed by atoms with Gasteiger partial charge in [0.05, 0.1) is 6.07 Å². The van der Waals surface area contributed by atoms with Crippen molar-refractivity contribution in [3.8, 4) is 6.07 Å². The molecule has 0 saturated heterocycles. The molecule has 15 heavy (non-hydrogen) atoms. The van der Waals surface area contributed by atoms with Crippen molar-refractivity contribution < 1.29 is 4.79 Å². The van der Waals surface area contributed by atoms with Gasteiger partial charge in [-0.05, 0) is 30.1 Å². The van der Waals surface area contributed by atoms with E-state index >= 15 is 0 Å². The van der Waals surface area contributed by atoms with E-state index < -0.39 is 0 Å². The minimum Gasteiger partial charge on any atom is -0.300 e. The zero-order valence-corrected chi connectivity index (χ0v) is 10.0. The van der Waals surface area contributed by atoms with E-state index in [-0.39, 0.29) is 5.41 Å². The molecule has 0 N–H and O–H groups in total. The van der Waals surface area contributed by atoms with Crippen LogP contribution >= 0.6 is 0 Å². The maximum Gasteiger partial charge on any atom is 0.133 e. The molecule has 1 aliphatic rings. The molecule has 1 saturated carbocycles. The topological polar surface area (TPSA) is 40.9 Å². The molecule has 0 heterocycles. The van der Waals surface area contributed by atoms with Gasteiger partial charge in [-0.3, -0.25) is 4.79 Å². The van der Waals surface area contributed by atoms with Crippen LogP contribution in [0.3, 0.4) is 0 Å². The fraction of sp³-hybridized carbons (Fsp3) is 0.846. The van der Waals surface area contributed by atoms with Crippen molar-refractivity contribution in [1.29, 1.82) is 5.26 Å². The van der Waals surface area contributed by atoms with Gasteiger partial charge in [-0.15, -0.1) is 0 Å². The number of rotatable bonds is 2. The Morgan fingerprint density at radius 1 is 1.47 bits per heavy atom. The molecule has 2 nitrogen and oxygen atoms in total. The molecule has 0 unspecified atom stereocenters. The maximum atomic E-state index is 11.4. The Morgan fingerprint density at radius 2 is 2.13 bits per heavy atom. The van der Waals surface area contributed by atoms with Gasteiger partial charge in [0.25, 0.3) is 0 Å². The van der Waals surface area contributed by atoms with E-state index in [2.05, 4.69) is 26.8 Å². The third-order valence-corrected chi connectivity index (χ3v) is 3.53. The molecule has 1 aliphatic carbocycles. The Labute approximate surface area is 92.7 Å². The van der Waals surface area contributed by atoms with Gasteiger partial charge in [0.15, 0.2) is 0 Å². The Hall–Kier alpha value is -0.840. The van der Waals surface area contributed by atoms with Crippen molar-refractivity contribution >= 4 is 5.78 Å². The number of hydrogen-bond acceptors (Lipinski definition) is 2. The largest absolute Gasteiger partial charge is 0.300 e. The highest BCUT2D eigenvalue weighted by molar-refractivity contribution is 5.79. The first-order chi connectivity index (χ1) is 6.95. The minimum absolute atomic E-state index is 0.265. The number of hydrogen-bond donors (Lipinski definition) is 0. The van der Waals surface area contributed by atoms with Gasteiger partial charge in [0.1, 0.15) is 5.78 Å². The second-order valence-corrected chi connectivity index (χ2v) is 5.71. The number of Topliss-reactive ketones (excluding diaryl/α,β-unsaturated/α-hetero) is 1. The third kappa shape index (κ3) is 3.34. The second kappa shape index (κ2) is 4.79. The summed E-state index contributed by atoms with van der Waals surface area (Å²) in [5.41, 5.74) is 0.265. The number of nitriles is 1. The fourth-order valence-corrected chi connectivity index (χ4v) is 2.78. The van der Waals surface area contributed by atoms with Crippen molar-refractivity contribution in [2.24, 2.45) is 17.3 Å². The molecule has 0 aromatic rings. The Bertz CT molecular complexity index is 269. The standard InChI is InChI=1S/C13H21NO/c1-13(2,3)12-7-6-11(15)9-10(12)5-4-8-14/h10,12H,4-7,9H2,1-3H3/t10-,12+/m1/s1. The van der Waals surface area contributed by atoms with Crippen LogP contribution in [-0.2, 0) is 4.79 Å². The summed E-state index contributed by atoms with van der Waals surface area (Å²) >= 11 is 0. The maximum absolute atomic E-state index is 11.4. The highest BCUT2D eigenvalue weighted by atomic mass is 16.1. The zero-order valence-electron chi connectivity index (χ0n) is 10.0. The molecule has 1 rings (SSSR count). The van der Waals surface area contributed by atoms with Crippen LogP contribution in [0, 0.1) is 28.6 Å². The lowest BCUT2D eigenvalue weighted by molar-refractivity contribution is -0.124. The Balaban J connectivity index is 2.67. The van der Waals surface area contributed by atoms with Crippen molar-refractivity contribution in [1.82, 2.24) is 0 Å². The van der Waals surface area contributed by atoms with Gasteiger partial charge < -0.3 is 0 Å². The molecular weight excluding hydrogens is 186 g/mol. The smallest absolute Gasteiger partial charge is 0.133 e. The predicted octanol–water partition coefficient (Wildman–Crippen LogP) is 3.32. The third-order valence-electron chi connectivity index (χ3n) is 3.53. The molecule has 0 radical (unpaired) electrons. The number of nitrogens with zero attached hydrogens (tertiary/aromatic N) is 1. The molecule has 0 bridgehead atoms. The van der Waals surface area contributed by atoms with Crippen molar-refractivity contribution in [2.45, 2.75) is 52.9 Å². The van der Waals surface area contributed by atoms with Crippen LogP contribution in [-0.4, -0.2) is 5.78 Å². The summed E-state index contributed by atoms with van der Waals surface area (Å²) in [6.07, 6.45) is 3.93. The molecular formula is C13H21NO. The van der Waals surface area contributed by atoms with E-state index in [1.54, 1.807) is 0 Å². The van der Waals surface area contributed by atoms with Gasteiger partial charge in [-0.25, -0.2) is 0 Å². The van der Waals surface area contributed by atoms with E-state index in [4.69, 9.17) is 5.26 Å². The lowest BCUT2D eigenvalue weighted by Gasteiger charge is -2.39. The van der Waals surface area contributed by atoms with E-state index in [9.17, 15) is 4.79 Å². The van der Waals surface area contributed by atoms with Crippen LogP contribution in [0.1, 0.15) is 52.9 Å². The average Bonchev–Trinajstić information content (AvgIpc) is 2.12. The van der Waals surface area contributed by atoms with Gasteiger partial charge in [-0.1, -0.05) is 20.8 Å². The highest BCUT2D eigenvalue weighted by Gasteiger charge is 2.36. The molecule has 0 amide bonds. The molecule has 0 aromatic heterocycles. The predicted molar refractivity (Wildman–Crippen MR) is 60.1 cm³/mol. The fourth-order valence-electron chi connectivity index (χ4n) is 2.78. The molecule has 0 aromatic carbocycles. The average molecular weight is 207 g/mol. The van der Waals surface area contributed by atoms with Crippen LogP contribution in [0.4, 0.5) is 0 Å². The number of carbonyl (C=O) groups is 1. The van der Waals surface area contributed by atoms with Gasteiger partial charge in [0.2, 0.25) is 0 Å². The highest BCUT2D eigenvalue weighted by Crippen LogP contribution is 2.42. The van der Waals surface area contributed by atoms with Crippen LogP contribution in [0.25, 0.3) is 0 Å². The van der Waals surface area contributed by atoms with E-state index in [0.717, 1.165) is 19.3 Å². The van der Waals surface area contributed by atoms with E-state index in [0.29, 0.717) is 30.5 Å². The quantitative estimate of drug-likeness (QED) is 0.697. The lowest BCUT2D eigenvalue weighted by atomic mass is 9.65. The second-order valence-electron chi connectivity index (χ2n) is 5.71. The Morgan fingerprint density at radius 3 is 2.67 bits per heavy atom.